The van der Waals surface area contributed by atoms with Gasteiger partial charge in [0.25, 0.3) is 0 Å². The normalized spacial score (nSPS) is 10.5. The number of carbonyl (C=O) groups excluding carboxylic acids is 2. The van der Waals surface area contributed by atoms with E-state index < -0.39 is 29.1 Å². The minimum Gasteiger partial charge on any atom is -0.478 e. The summed E-state index contributed by atoms with van der Waals surface area (Å²) in [6.45, 7) is 0. The molecule has 0 unspecified atom stereocenters. The van der Waals surface area contributed by atoms with E-state index in [1.807, 2.05) is 54.6 Å². The summed E-state index contributed by atoms with van der Waals surface area (Å²) in [6, 6.07) is 35.4. The summed E-state index contributed by atoms with van der Waals surface area (Å²) in [5.74, 6) is -4.18. The lowest BCUT2D eigenvalue weighted by Crippen LogP contribution is -2.12. The highest BCUT2D eigenvalue weighted by atomic mass is 19.1. The number of hydrogen-bond acceptors (Lipinski definition) is 4. The van der Waals surface area contributed by atoms with Crippen LogP contribution in [0, 0.1) is 5.82 Å². The zero-order valence-electron chi connectivity index (χ0n) is 22.5. The Labute approximate surface area is 245 Å². The Morgan fingerprint density at radius 2 is 0.884 bits per heavy atom. The van der Waals surface area contributed by atoms with Crippen LogP contribution in [-0.4, -0.2) is 33.7 Å². The van der Waals surface area contributed by atoms with Crippen molar-refractivity contribution in [3.63, 3.8) is 0 Å². The van der Waals surface area contributed by atoms with E-state index in [0.717, 1.165) is 27.6 Å². The van der Waals surface area contributed by atoms with Gasteiger partial charge in [0, 0.05) is 16.7 Å². The molecule has 0 aliphatic rings. The molecule has 6 rings (SSSR count). The van der Waals surface area contributed by atoms with Crippen molar-refractivity contribution in [2.24, 2.45) is 0 Å². The van der Waals surface area contributed by atoms with Crippen LogP contribution in [0.15, 0.2) is 127 Å². The van der Waals surface area contributed by atoms with E-state index in [2.05, 4.69) is 0 Å². The molecule has 0 saturated carbocycles. The smallest absolute Gasteiger partial charge is 0.336 e. The van der Waals surface area contributed by atoms with Crippen LogP contribution in [0.25, 0.3) is 21.5 Å². The average Bonchev–Trinajstić information content (AvgIpc) is 3.03. The molecule has 0 radical (unpaired) electrons. The molecule has 0 aliphatic carbocycles. The van der Waals surface area contributed by atoms with Crippen molar-refractivity contribution in [3.05, 3.63) is 167 Å². The highest BCUT2D eigenvalue weighted by Crippen LogP contribution is 2.23. The summed E-state index contributed by atoms with van der Waals surface area (Å²) in [5, 5.41) is 22.1. The molecule has 0 aliphatic heterocycles. The highest BCUT2D eigenvalue weighted by molar-refractivity contribution is 6.16. The molecule has 0 fully saturated rings. The lowest BCUT2D eigenvalue weighted by molar-refractivity contribution is 0.0683. The molecule has 2 N–H and O–H groups in total. The van der Waals surface area contributed by atoms with Crippen molar-refractivity contribution >= 4 is 45.0 Å². The molecule has 7 heteroatoms. The summed E-state index contributed by atoms with van der Waals surface area (Å²) in [4.78, 5) is 47.5. The molecule has 0 bridgehead atoms. The predicted molar refractivity (Wildman–Crippen MR) is 162 cm³/mol. The average molecular weight is 571 g/mol. The zero-order chi connectivity index (χ0) is 30.5. The molecular formula is C36H23FO6. The van der Waals surface area contributed by atoms with Crippen LogP contribution >= 0.6 is 0 Å². The van der Waals surface area contributed by atoms with Crippen LogP contribution in [-0.2, 0) is 0 Å². The van der Waals surface area contributed by atoms with Crippen molar-refractivity contribution in [2.45, 2.75) is 0 Å². The van der Waals surface area contributed by atoms with Gasteiger partial charge in [0.15, 0.2) is 11.6 Å². The predicted octanol–water partition coefficient (Wildman–Crippen LogP) is 7.68. The van der Waals surface area contributed by atoms with Gasteiger partial charge in [-0.2, -0.15) is 0 Å². The van der Waals surface area contributed by atoms with E-state index in [4.69, 9.17) is 5.11 Å². The van der Waals surface area contributed by atoms with Gasteiger partial charge in [-0.1, -0.05) is 97.1 Å². The molecular weight excluding hydrogens is 547 g/mol. The quantitative estimate of drug-likeness (QED) is 0.199. The van der Waals surface area contributed by atoms with Crippen LogP contribution in [0.5, 0.6) is 0 Å². The standard InChI is InChI=1S/C18H11FO3.C18H12O3/c19-15-7-3-6-14(18(21)22)16(15)17(20)13-9-8-11-4-1-2-5-12(11)10-13;19-17(15-7-3-4-8-16(15)18(20)21)14-10-9-12-5-1-2-6-13(12)11-14/h1-10H,(H,21,22);1-11H,(H,20,21). The summed E-state index contributed by atoms with van der Waals surface area (Å²) in [6.07, 6.45) is 0. The SMILES string of the molecule is O=C(O)c1cccc(F)c1C(=O)c1ccc2ccccc2c1.O=C(O)c1ccccc1C(=O)c1ccc2ccccc2c1. The van der Waals surface area contributed by atoms with Gasteiger partial charge in [-0.3, -0.25) is 9.59 Å². The number of carbonyl (C=O) groups is 4. The number of aromatic carboxylic acids is 2. The maximum Gasteiger partial charge on any atom is 0.336 e. The number of fused-ring (bicyclic) bond motifs is 2. The lowest BCUT2D eigenvalue weighted by Gasteiger charge is -2.07. The molecule has 210 valence electrons. The molecule has 0 atom stereocenters. The molecule has 0 heterocycles. The molecule has 6 nitrogen and oxygen atoms in total. The number of rotatable bonds is 6. The number of hydrogen-bond donors (Lipinski definition) is 2. The molecule has 0 spiro atoms. The number of benzene rings is 6. The maximum atomic E-state index is 14.0. The number of halogens is 1. The Kier molecular flexibility index (Phi) is 8.16. The van der Waals surface area contributed by atoms with Crippen LogP contribution in [0.3, 0.4) is 0 Å². The first-order valence-corrected chi connectivity index (χ1v) is 13.2. The van der Waals surface area contributed by atoms with Crippen LogP contribution in [0.2, 0.25) is 0 Å². The fraction of sp³-hybridized carbons (Fsp3) is 0. The van der Waals surface area contributed by atoms with Gasteiger partial charge < -0.3 is 10.2 Å². The third-order valence-electron chi connectivity index (χ3n) is 6.90. The molecule has 0 amide bonds. The molecule has 0 saturated heterocycles. The van der Waals surface area contributed by atoms with E-state index in [9.17, 15) is 28.7 Å². The van der Waals surface area contributed by atoms with Gasteiger partial charge >= 0.3 is 11.9 Å². The minimum atomic E-state index is -1.33. The third kappa shape index (κ3) is 6.06. The second kappa shape index (κ2) is 12.3. The van der Waals surface area contributed by atoms with E-state index >= 15 is 0 Å². The monoisotopic (exact) mass is 570 g/mol. The fourth-order valence-electron chi connectivity index (χ4n) is 4.76. The van der Waals surface area contributed by atoms with Gasteiger partial charge in [0.05, 0.1) is 16.7 Å². The first-order valence-electron chi connectivity index (χ1n) is 13.2. The van der Waals surface area contributed by atoms with Crippen molar-refractivity contribution in [1.29, 1.82) is 0 Å². The first-order chi connectivity index (χ1) is 20.7. The van der Waals surface area contributed by atoms with Crippen molar-refractivity contribution in [1.82, 2.24) is 0 Å². The highest BCUT2D eigenvalue weighted by Gasteiger charge is 2.22. The summed E-state index contributed by atoms with van der Waals surface area (Å²) < 4.78 is 14.0. The summed E-state index contributed by atoms with van der Waals surface area (Å²) in [5.41, 5.74) is 0.230. The maximum absolute atomic E-state index is 14.0. The largest absolute Gasteiger partial charge is 0.478 e. The van der Waals surface area contributed by atoms with Gasteiger partial charge in [0.1, 0.15) is 5.82 Å². The first kappa shape index (κ1) is 28.6. The van der Waals surface area contributed by atoms with Crippen LogP contribution < -0.4 is 0 Å². The topological polar surface area (TPSA) is 109 Å². The van der Waals surface area contributed by atoms with Crippen molar-refractivity contribution < 1.29 is 33.8 Å². The number of carboxylic acids is 2. The van der Waals surface area contributed by atoms with E-state index in [-0.39, 0.29) is 28.0 Å². The van der Waals surface area contributed by atoms with E-state index in [0.29, 0.717) is 5.56 Å². The second-order valence-electron chi connectivity index (χ2n) is 9.60. The minimum absolute atomic E-state index is 0.0238. The Balaban J connectivity index is 0.000000171. The van der Waals surface area contributed by atoms with E-state index in [1.54, 1.807) is 48.5 Å². The van der Waals surface area contributed by atoms with Crippen LogP contribution in [0.1, 0.15) is 52.6 Å². The Morgan fingerprint density at radius 3 is 1.42 bits per heavy atom. The Hall–Kier alpha value is -5.95. The molecule has 6 aromatic rings. The molecule has 0 aromatic heterocycles. The van der Waals surface area contributed by atoms with Gasteiger partial charge in [-0.05, 0) is 51.9 Å². The fourth-order valence-corrected chi connectivity index (χ4v) is 4.76. The van der Waals surface area contributed by atoms with Gasteiger partial charge in [-0.25, -0.2) is 14.0 Å². The zero-order valence-corrected chi connectivity index (χ0v) is 22.5. The lowest BCUT2D eigenvalue weighted by atomic mass is 9.96. The van der Waals surface area contributed by atoms with E-state index in [1.165, 1.54) is 18.2 Å². The Bertz CT molecular complexity index is 2050. The van der Waals surface area contributed by atoms with Gasteiger partial charge in [-0.15, -0.1) is 0 Å². The summed E-state index contributed by atoms with van der Waals surface area (Å²) >= 11 is 0. The van der Waals surface area contributed by atoms with Crippen molar-refractivity contribution in [2.75, 3.05) is 0 Å². The van der Waals surface area contributed by atoms with Gasteiger partial charge in [0.2, 0.25) is 0 Å². The number of carboxylic acid groups (broad SMARTS) is 2. The number of ketones is 2. The Morgan fingerprint density at radius 1 is 0.442 bits per heavy atom. The molecule has 6 aromatic carbocycles. The summed E-state index contributed by atoms with van der Waals surface area (Å²) in [7, 11) is 0. The second-order valence-corrected chi connectivity index (χ2v) is 9.60. The third-order valence-corrected chi connectivity index (χ3v) is 6.90. The molecule has 43 heavy (non-hydrogen) atoms. The van der Waals surface area contributed by atoms with Crippen LogP contribution in [0.4, 0.5) is 4.39 Å². The van der Waals surface area contributed by atoms with Crippen molar-refractivity contribution in [3.8, 4) is 0 Å².